The lowest BCUT2D eigenvalue weighted by Crippen LogP contribution is -2.32. The van der Waals surface area contributed by atoms with Crippen molar-refractivity contribution in [1.82, 2.24) is 14.9 Å². The van der Waals surface area contributed by atoms with Gasteiger partial charge in [-0.3, -0.25) is 0 Å². The predicted molar refractivity (Wildman–Crippen MR) is 73.5 cm³/mol. The second-order valence-corrected chi connectivity index (χ2v) is 6.62. The monoisotopic (exact) mass is 247 g/mol. The summed E-state index contributed by atoms with van der Waals surface area (Å²) in [6, 6.07) is 1.16. The Morgan fingerprint density at radius 1 is 1.28 bits per heavy atom. The third-order valence-electron chi connectivity index (χ3n) is 4.90. The highest BCUT2D eigenvalue weighted by molar-refractivity contribution is 5.10. The van der Waals surface area contributed by atoms with Gasteiger partial charge < -0.3 is 9.88 Å². The van der Waals surface area contributed by atoms with Crippen LogP contribution in [0.4, 0.5) is 0 Å². The number of nitrogens with zero attached hydrogens (tertiary/aromatic N) is 2. The average molecular weight is 247 g/mol. The number of hydrogen-bond acceptors (Lipinski definition) is 2. The van der Waals surface area contributed by atoms with Crippen molar-refractivity contribution in [3.8, 4) is 0 Å². The molecule has 2 heterocycles. The number of nitrogens with one attached hydrogen (secondary N) is 1. The summed E-state index contributed by atoms with van der Waals surface area (Å²) in [6.07, 6.45) is 12.1. The maximum absolute atomic E-state index is 4.43. The molecular formula is C15H25N3. The molecule has 1 aromatic heterocycles. The molecule has 0 radical (unpaired) electrons. The fraction of sp³-hybridized carbons (Fsp3) is 0.800. The third kappa shape index (κ3) is 2.09. The minimum atomic E-state index is 0.409. The van der Waals surface area contributed by atoms with Crippen LogP contribution in [0.1, 0.15) is 70.2 Å². The second-order valence-electron chi connectivity index (χ2n) is 6.62. The molecule has 0 aromatic carbocycles. The molecule has 18 heavy (non-hydrogen) atoms. The zero-order chi connectivity index (χ0) is 12.6. The molecule has 1 saturated heterocycles. The number of imidazole rings is 1. The van der Waals surface area contributed by atoms with Crippen molar-refractivity contribution in [2.75, 3.05) is 6.54 Å². The van der Waals surface area contributed by atoms with Crippen LogP contribution in [-0.4, -0.2) is 16.1 Å². The Morgan fingerprint density at radius 3 is 2.89 bits per heavy atom. The average Bonchev–Trinajstić information content (AvgIpc) is 2.98. The largest absolute Gasteiger partial charge is 0.330 e. The lowest BCUT2D eigenvalue weighted by molar-refractivity contribution is 0.140. The molecule has 0 amide bonds. The van der Waals surface area contributed by atoms with Gasteiger partial charge in [0.2, 0.25) is 0 Å². The normalized spacial score (nSPS) is 31.7. The molecule has 3 nitrogen and oxygen atoms in total. The lowest BCUT2D eigenvalue weighted by atomic mass is 9.73. The summed E-state index contributed by atoms with van der Waals surface area (Å²) in [6.45, 7) is 6.00. The molecule has 100 valence electrons. The van der Waals surface area contributed by atoms with Gasteiger partial charge in [0.15, 0.2) is 0 Å². The van der Waals surface area contributed by atoms with Gasteiger partial charge in [-0.2, -0.15) is 0 Å². The first kappa shape index (κ1) is 12.2. The molecule has 0 bridgehead atoms. The quantitative estimate of drug-likeness (QED) is 0.867. The molecule has 0 spiro atoms. The molecule has 3 heteroatoms. The number of rotatable bonds is 2. The predicted octanol–water partition coefficient (Wildman–Crippen LogP) is 3.45. The number of hydrogen-bond donors (Lipinski definition) is 1. The van der Waals surface area contributed by atoms with Crippen molar-refractivity contribution in [3.63, 3.8) is 0 Å². The van der Waals surface area contributed by atoms with Gasteiger partial charge in [-0.1, -0.05) is 26.7 Å². The van der Waals surface area contributed by atoms with Crippen molar-refractivity contribution in [2.24, 2.45) is 5.41 Å². The van der Waals surface area contributed by atoms with E-state index < -0.39 is 0 Å². The zero-order valence-electron chi connectivity index (χ0n) is 11.7. The van der Waals surface area contributed by atoms with Crippen LogP contribution in [0.2, 0.25) is 0 Å². The van der Waals surface area contributed by atoms with Gasteiger partial charge in [-0.05, 0) is 37.6 Å². The fourth-order valence-corrected chi connectivity index (χ4v) is 3.77. The van der Waals surface area contributed by atoms with Crippen LogP contribution in [0.3, 0.4) is 0 Å². The highest BCUT2D eigenvalue weighted by Gasteiger charge is 2.35. The van der Waals surface area contributed by atoms with Gasteiger partial charge in [-0.25, -0.2) is 4.98 Å². The standard InChI is InChI=1S/C15H25N3/c1-15(2)8-4-3-7-14(15)18-11-16-10-13(18)12-6-5-9-17-12/h10-12,14,17H,3-9H2,1-2H3. The van der Waals surface area contributed by atoms with E-state index in [0.717, 1.165) is 6.54 Å². The summed E-state index contributed by atoms with van der Waals surface area (Å²) in [5, 5.41) is 3.60. The van der Waals surface area contributed by atoms with Gasteiger partial charge in [-0.15, -0.1) is 0 Å². The topological polar surface area (TPSA) is 29.9 Å². The molecule has 3 rings (SSSR count). The lowest BCUT2D eigenvalue weighted by Gasteiger charge is -2.40. The first-order chi connectivity index (χ1) is 8.68. The zero-order valence-corrected chi connectivity index (χ0v) is 11.7. The smallest absolute Gasteiger partial charge is 0.0951 e. The molecule has 2 unspecified atom stereocenters. The highest BCUT2D eigenvalue weighted by atomic mass is 15.1. The van der Waals surface area contributed by atoms with Crippen molar-refractivity contribution in [2.45, 2.75) is 64.5 Å². The van der Waals surface area contributed by atoms with E-state index in [1.54, 1.807) is 0 Å². The Morgan fingerprint density at radius 2 is 2.17 bits per heavy atom. The first-order valence-corrected chi connectivity index (χ1v) is 7.43. The van der Waals surface area contributed by atoms with Crippen LogP contribution in [-0.2, 0) is 0 Å². The van der Waals surface area contributed by atoms with Crippen LogP contribution < -0.4 is 5.32 Å². The Balaban J connectivity index is 1.89. The Hall–Kier alpha value is -0.830. The minimum absolute atomic E-state index is 0.409. The second kappa shape index (κ2) is 4.69. The SMILES string of the molecule is CC1(C)CCCCC1n1cncc1C1CCCN1. The van der Waals surface area contributed by atoms with Gasteiger partial charge >= 0.3 is 0 Å². The van der Waals surface area contributed by atoms with Crippen molar-refractivity contribution in [1.29, 1.82) is 0 Å². The highest BCUT2D eigenvalue weighted by Crippen LogP contribution is 2.44. The number of aromatic nitrogens is 2. The molecule has 1 N–H and O–H groups in total. The fourth-order valence-electron chi connectivity index (χ4n) is 3.77. The van der Waals surface area contributed by atoms with Crippen molar-refractivity contribution in [3.05, 3.63) is 18.2 Å². The van der Waals surface area contributed by atoms with E-state index >= 15 is 0 Å². The summed E-state index contributed by atoms with van der Waals surface area (Å²) >= 11 is 0. The summed E-state index contributed by atoms with van der Waals surface area (Å²) in [5.41, 5.74) is 1.82. The van der Waals surface area contributed by atoms with Crippen LogP contribution in [0.25, 0.3) is 0 Å². The van der Waals surface area contributed by atoms with Crippen LogP contribution >= 0.6 is 0 Å². The summed E-state index contributed by atoms with van der Waals surface area (Å²) in [7, 11) is 0. The summed E-state index contributed by atoms with van der Waals surface area (Å²) in [5.74, 6) is 0. The Labute approximate surface area is 110 Å². The van der Waals surface area contributed by atoms with Gasteiger partial charge in [0.05, 0.1) is 12.0 Å². The van der Waals surface area contributed by atoms with E-state index in [1.807, 2.05) is 0 Å². The van der Waals surface area contributed by atoms with E-state index in [2.05, 4.69) is 41.2 Å². The van der Waals surface area contributed by atoms with Gasteiger partial charge in [0, 0.05) is 18.3 Å². The van der Waals surface area contributed by atoms with Gasteiger partial charge in [0.25, 0.3) is 0 Å². The van der Waals surface area contributed by atoms with E-state index in [9.17, 15) is 0 Å². The Bertz CT molecular complexity index is 402. The molecule has 1 saturated carbocycles. The molecule has 1 aromatic rings. The third-order valence-corrected chi connectivity index (χ3v) is 4.90. The molecule has 2 atom stereocenters. The minimum Gasteiger partial charge on any atom is -0.330 e. The van der Waals surface area contributed by atoms with E-state index in [4.69, 9.17) is 0 Å². The maximum Gasteiger partial charge on any atom is 0.0951 e. The van der Waals surface area contributed by atoms with Crippen LogP contribution in [0, 0.1) is 5.41 Å². The van der Waals surface area contributed by atoms with E-state index in [-0.39, 0.29) is 0 Å². The van der Waals surface area contributed by atoms with Gasteiger partial charge in [0.1, 0.15) is 0 Å². The maximum atomic E-state index is 4.43. The summed E-state index contributed by atoms with van der Waals surface area (Å²) in [4.78, 5) is 4.43. The molecule has 1 aliphatic carbocycles. The molecular weight excluding hydrogens is 222 g/mol. The Kier molecular flexibility index (Phi) is 3.18. The van der Waals surface area contributed by atoms with Crippen molar-refractivity contribution >= 4 is 0 Å². The molecule has 2 aliphatic rings. The first-order valence-electron chi connectivity index (χ1n) is 7.43. The van der Waals surface area contributed by atoms with Crippen LogP contribution in [0.15, 0.2) is 12.5 Å². The summed E-state index contributed by atoms with van der Waals surface area (Å²) < 4.78 is 2.47. The van der Waals surface area contributed by atoms with Crippen LogP contribution in [0.5, 0.6) is 0 Å². The van der Waals surface area contributed by atoms with E-state index in [0.29, 0.717) is 17.5 Å². The molecule has 2 fully saturated rings. The van der Waals surface area contributed by atoms with Crippen molar-refractivity contribution < 1.29 is 0 Å². The van der Waals surface area contributed by atoms with E-state index in [1.165, 1.54) is 44.2 Å². The molecule has 1 aliphatic heterocycles.